The van der Waals surface area contributed by atoms with Gasteiger partial charge in [-0.15, -0.1) is 0 Å². The van der Waals surface area contributed by atoms with E-state index in [0.717, 1.165) is 10.4 Å². The van der Waals surface area contributed by atoms with Crippen LogP contribution in [0.5, 0.6) is 0 Å². The van der Waals surface area contributed by atoms with Crippen molar-refractivity contribution in [3.05, 3.63) is 77.6 Å². The van der Waals surface area contributed by atoms with Crippen LogP contribution in [0, 0.1) is 5.82 Å². The number of nitrogens with zero attached hydrogens (tertiary/aromatic N) is 1. The fourth-order valence-electron chi connectivity index (χ4n) is 2.93. The number of carbonyl (C=O) groups is 2. The van der Waals surface area contributed by atoms with E-state index < -0.39 is 11.8 Å². The Morgan fingerprint density at radius 2 is 1.46 bits per heavy atom. The molecule has 0 atom stereocenters. The van der Waals surface area contributed by atoms with Crippen LogP contribution in [-0.4, -0.2) is 21.9 Å². The van der Waals surface area contributed by atoms with Crippen molar-refractivity contribution in [2.75, 3.05) is 5.32 Å². The van der Waals surface area contributed by atoms with Crippen LogP contribution in [-0.2, 0) is 0 Å². The molecule has 0 unspecified atom stereocenters. The van der Waals surface area contributed by atoms with E-state index in [9.17, 15) is 14.0 Å². The highest BCUT2D eigenvalue weighted by molar-refractivity contribution is 7.80. The summed E-state index contributed by atoms with van der Waals surface area (Å²) < 4.78 is 13.0. The number of carbonyl (C=O) groups excluding carboxylic acids is 2. The van der Waals surface area contributed by atoms with Crippen molar-refractivity contribution in [2.24, 2.45) is 0 Å². The van der Waals surface area contributed by atoms with Crippen LogP contribution in [0.4, 0.5) is 10.1 Å². The summed E-state index contributed by atoms with van der Waals surface area (Å²) in [6.07, 6.45) is 0. The lowest BCUT2D eigenvalue weighted by Gasteiger charge is -2.28. The van der Waals surface area contributed by atoms with E-state index in [4.69, 9.17) is 12.2 Å². The first-order chi connectivity index (χ1) is 12.5. The molecule has 128 valence electrons. The first-order valence-corrected chi connectivity index (χ1v) is 8.19. The Bertz CT molecular complexity index is 1020. The standard InChI is InChI=1S/C19H12FN3O2S/c20-12-7-9-13(10-8-12)21-19(26)22-23-17(24)14-5-1-3-11-4-2-6-15(16(11)14)18(23)25/h1-10H,(H2,21,22,26). The van der Waals surface area contributed by atoms with Gasteiger partial charge in [-0.2, -0.15) is 5.01 Å². The van der Waals surface area contributed by atoms with Gasteiger partial charge in [-0.05, 0) is 54.0 Å². The molecule has 0 bridgehead atoms. The number of rotatable bonds is 2. The van der Waals surface area contributed by atoms with Gasteiger partial charge in [-0.3, -0.25) is 15.0 Å². The zero-order chi connectivity index (χ0) is 18.3. The van der Waals surface area contributed by atoms with Gasteiger partial charge >= 0.3 is 0 Å². The molecule has 0 aromatic heterocycles. The number of nitrogens with one attached hydrogen (secondary N) is 2. The highest BCUT2D eigenvalue weighted by Gasteiger charge is 2.33. The van der Waals surface area contributed by atoms with Gasteiger partial charge in [0.2, 0.25) is 0 Å². The van der Waals surface area contributed by atoms with Crippen LogP contribution in [0.2, 0.25) is 0 Å². The fraction of sp³-hybridized carbons (Fsp3) is 0. The van der Waals surface area contributed by atoms with Crippen LogP contribution in [0.3, 0.4) is 0 Å². The quantitative estimate of drug-likeness (QED) is 0.538. The summed E-state index contributed by atoms with van der Waals surface area (Å²) >= 11 is 5.17. The van der Waals surface area contributed by atoms with E-state index in [1.54, 1.807) is 24.3 Å². The van der Waals surface area contributed by atoms with Gasteiger partial charge in [0, 0.05) is 11.1 Å². The van der Waals surface area contributed by atoms with E-state index in [1.165, 1.54) is 24.3 Å². The Kier molecular flexibility index (Phi) is 3.85. The molecular formula is C19H12FN3O2S. The van der Waals surface area contributed by atoms with Crippen molar-refractivity contribution >= 4 is 45.6 Å². The lowest BCUT2D eigenvalue weighted by atomic mass is 9.95. The van der Waals surface area contributed by atoms with Gasteiger partial charge in [0.1, 0.15) is 5.82 Å². The number of benzene rings is 3. The molecule has 0 fully saturated rings. The number of hydrogen-bond donors (Lipinski definition) is 2. The molecule has 0 saturated carbocycles. The largest absolute Gasteiger partial charge is 0.331 e. The molecule has 5 nitrogen and oxygen atoms in total. The highest BCUT2D eigenvalue weighted by Crippen LogP contribution is 2.29. The molecule has 1 aliphatic rings. The Morgan fingerprint density at radius 1 is 0.885 bits per heavy atom. The summed E-state index contributed by atoms with van der Waals surface area (Å²) in [5, 5.41) is 5.21. The van der Waals surface area contributed by atoms with Crippen LogP contribution < -0.4 is 10.7 Å². The van der Waals surface area contributed by atoms with Crippen molar-refractivity contribution in [1.82, 2.24) is 10.4 Å². The van der Waals surface area contributed by atoms with Gasteiger partial charge in [0.05, 0.1) is 11.1 Å². The first-order valence-electron chi connectivity index (χ1n) is 7.78. The van der Waals surface area contributed by atoms with E-state index in [0.29, 0.717) is 22.2 Å². The van der Waals surface area contributed by atoms with Gasteiger partial charge in [0.15, 0.2) is 5.11 Å². The van der Waals surface area contributed by atoms with Crippen molar-refractivity contribution in [1.29, 1.82) is 0 Å². The second-order valence-electron chi connectivity index (χ2n) is 5.73. The summed E-state index contributed by atoms with van der Waals surface area (Å²) in [5.41, 5.74) is 4.01. The Balaban J connectivity index is 1.62. The molecular weight excluding hydrogens is 353 g/mol. The third-order valence-corrected chi connectivity index (χ3v) is 4.28. The van der Waals surface area contributed by atoms with E-state index in [1.807, 2.05) is 12.1 Å². The summed E-state index contributed by atoms with van der Waals surface area (Å²) in [5.74, 6) is -1.34. The topological polar surface area (TPSA) is 61.4 Å². The minimum absolute atomic E-state index is 0.0462. The van der Waals surface area contributed by atoms with E-state index in [-0.39, 0.29) is 10.9 Å². The maximum absolute atomic E-state index is 13.0. The number of hydrazine groups is 1. The SMILES string of the molecule is O=C1c2cccc3cccc(c23)C(=O)N1NC(=S)Nc1ccc(F)cc1. The minimum Gasteiger partial charge on any atom is -0.331 e. The summed E-state index contributed by atoms with van der Waals surface area (Å²) in [6, 6.07) is 16.1. The first kappa shape index (κ1) is 16.2. The number of hydrogen-bond acceptors (Lipinski definition) is 3. The smallest absolute Gasteiger partial charge is 0.280 e. The van der Waals surface area contributed by atoms with E-state index >= 15 is 0 Å². The normalized spacial score (nSPS) is 13.0. The molecule has 3 aromatic carbocycles. The van der Waals surface area contributed by atoms with Crippen molar-refractivity contribution in [2.45, 2.75) is 0 Å². The lowest BCUT2D eigenvalue weighted by molar-refractivity contribution is 0.0568. The molecule has 1 heterocycles. The average molecular weight is 365 g/mol. The molecule has 1 aliphatic heterocycles. The van der Waals surface area contributed by atoms with Crippen molar-refractivity contribution in [3.8, 4) is 0 Å². The maximum Gasteiger partial charge on any atom is 0.280 e. The monoisotopic (exact) mass is 365 g/mol. The molecule has 3 aromatic rings. The third-order valence-electron chi connectivity index (χ3n) is 4.09. The van der Waals surface area contributed by atoms with Crippen LogP contribution in [0.15, 0.2) is 60.7 Å². The molecule has 7 heteroatoms. The number of amides is 2. The molecule has 0 aliphatic carbocycles. The second kappa shape index (κ2) is 6.20. The molecule has 26 heavy (non-hydrogen) atoms. The summed E-state index contributed by atoms with van der Waals surface area (Å²) in [7, 11) is 0. The van der Waals surface area contributed by atoms with Gasteiger partial charge in [-0.1, -0.05) is 24.3 Å². The second-order valence-corrected chi connectivity index (χ2v) is 6.14. The van der Waals surface area contributed by atoms with Gasteiger partial charge in [-0.25, -0.2) is 4.39 Å². The molecule has 0 saturated heterocycles. The van der Waals surface area contributed by atoms with E-state index in [2.05, 4.69) is 10.7 Å². The Morgan fingerprint density at radius 3 is 2.04 bits per heavy atom. The van der Waals surface area contributed by atoms with Crippen molar-refractivity contribution < 1.29 is 14.0 Å². The molecule has 2 amide bonds. The number of anilines is 1. The highest BCUT2D eigenvalue weighted by atomic mass is 32.1. The minimum atomic E-state index is -0.484. The molecule has 0 spiro atoms. The third kappa shape index (κ3) is 2.68. The zero-order valence-corrected chi connectivity index (χ0v) is 14.1. The van der Waals surface area contributed by atoms with Crippen LogP contribution in [0.1, 0.15) is 20.7 Å². The van der Waals surface area contributed by atoms with Gasteiger partial charge in [0.25, 0.3) is 11.8 Å². The van der Waals surface area contributed by atoms with Crippen molar-refractivity contribution in [3.63, 3.8) is 0 Å². The lowest BCUT2D eigenvalue weighted by Crippen LogP contribution is -2.52. The van der Waals surface area contributed by atoms with Crippen LogP contribution >= 0.6 is 12.2 Å². The number of halogens is 1. The van der Waals surface area contributed by atoms with Crippen LogP contribution in [0.25, 0.3) is 10.8 Å². The Hall–Kier alpha value is -3.32. The predicted octanol–water partition coefficient (Wildman–Crippen LogP) is 3.48. The molecule has 0 radical (unpaired) electrons. The molecule has 2 N–H and O–H groups in total. The summed E-state index contributed by atoms with van der Waals surface area (Å²) in [6.45, 7) is 0. The molecule has 4 rings (SSSR count). The maximum atomic E-state index is 13.0. The Labute approximate surface area is 153 Å². The summed E-state index contributed by atoms with van der Waals surface area (Å²) in [4.78, 5) is 25.5. The fourth-order valence-corrected chi connectivity index (χ4v) is 3.14. The number of imide groups is 1. The number of thiocarbonyl (C=S) groups is 1. The zero-order valence-electron chi connectivity index (χ0n) is 13.3. The van der Waals surface area contributed by atoms with Gasteiger partial charge < -0.3 is 5.32 Å². The predicted molar refractivity (Wildman–Crippen MR) is 100 cm³/mol. The average Bonchev–Trinajstić information content (AvgIpc) is 2.65.